The molecule has 1 amide bonds. The largest absolute Gasteiger partial charge is 0.494 e. The van der Waals surface area contributed by atoms with Crippen molar-refractivity contribution in [1.82, 2.24) is 5.32 Å². The molecule has 0 aliphatic rings. The van der Waals surface area contributed by atoms with Crippen LogP contribution < -0.4 is 15.4 Å². The fraction of sp³-hybridized carbons (Fsp3) is 0.611. The van der Waals surface area contributed by atoms with Gasteiger partial charge in [0.25, 0.3) is 0 Å². The summed E-state index contributed by atoms with van der Waals surface area (Å²) in [6.45, 7) is 6.27. The minimum atomic E-state index is -0.00390. The predicted octanol–water partition coefficient (Wildman–Crippen LogP) is 3.97. The van der Waals surface area contributed by atoms with Crippen molar-refractivity contribution in [2.75, 3.05) is 25.0 Å². The molecule has 4 nitrogen and oxygen atoms in total. The zero-order valence-electron chi connectivity index (χ0n) is 14.0. The van der Waals surface area contributed by atoms with Gasteiger partial charge in [-0.2, -0.15) is 0 Å². The molecule has 1 aromatic carbocycles. The van der Waals surface area contributed by atoms with E-state index in [-0.39, 0.29) is 5.91 Å². The van der Waals surface area contributed by atoms with E-state index in [1.54, 1.807) is 0 Å². The number of unbranched alkanes of at least 4 members (excludes halogenated alkanes) is 4. The summed E-state index contributed by atoms with van der Waals surface area (Å²) in [6.07, 6.45) is 7.22. The van der Waals surface area contributed by atoms with Crippen LogP contribution in [-0.4, -0.2) is 25.6 Å². The number of ether oxygens (including phenoxy) is 1. The highest BCUT2D eigenvalue weighted by Crippen LogP contribution is 2.15. The molecule has 0 saturated heterocycles. The van der Waals surface area contributed by atoms with Crippen molar-refractivity contribution < 1.29 is 9.53 Å². The lowest BCUT2D eigenvalue weighted by Gasteiger charge is -2.08. The summed E-state index contributed by atoms with van der Waals surface area (Å²) < 4.78 is 5.51. The van der Waals surface area contributed by atoms with Crippen LogP contribution in [0.1, 0.15) is 52.4 Å². The fourth-order valence-electron chi connectivity index (χ4n) is 2.12. The van der Waals surface area contributed by atoms with E-state index in [1.165, 1.54) is 25.7 Å². The average Bonchev–Trinajstić information content (AvgIpc) is 2.53. The van der Waals surface area contributed by atoms with E-state index < -0.39 is 0 Å². The molecule has 0 saturated carbocycles. The molecule has 1 rings (SSSR count). The highest BCUT2D eigenvalue weighted by atomic mass is 16.5. The number of nitrogens with one attached hydrogen (secondary N) is 2. The lowest BCUT2D eigenvalue weighted by atomic mass is 10.1. The molecule has 0 aromatic heterocycles. The van der Waals surface area contributed by atoms with Crippen molar-refractivity contribution in [3.8, 4) is 5.75 Å². The minimum absolute atomic E-state index is 0.00390. The lowest BCUT2D eigenvalue weighted by Crippen LogP contribution is -2.28. The summed E-state index contributed by atoms with van der Waals surface area (Å²) in [5.41, 5.74) is 0.804. The molecule has 0 aliphatic heterocycles. The first kappa shape index (κ1) is 18.5. The van der Waals surface area contributed by atoms with Gasteiger partial charge in [0.05, 0.1) is 13.2 Å². The Morgan fingerprint density at radius 3 is 2.41 bits per heavy atom. The summed E-state index contributed by atoms with van der Waals surface area (Å²) in [5.74, 6) is 0.834. The van der Waals surface area contributed by atoms with Gasteiger partial charge in [-0.15, -0.1) is 0 Å². The van der Waals surface area contributed by atoms with Crippen LogP contribution in [0.3, 0.4) is 0 Å². The first-order valence-corrected chi connectivity index (χ1v) is 8.49. The van der Waals surface area contributed by atoms with Gasteiger partial charge in [-0.3, -0.25) is 4.79 Å². The van der Waals surface area contributed by atoms with Crippen molar-refractivity contribution in [3.63, 3.8) is 0 Å². The Bertz CT molecular complexity index is 404. The second-order valence-electron chi connectivity index (χ2n) is 5.51. The van der Waals surface area contributed by atoms with Crippen molar-refractivity contribution in [3.05, 3.63) is 24.3 Å². The van der Waals surface area contributed by atoms with Gasteiger partial charge < -0.3 is 15.4 Å². The van der Waals surface area contributed by atoms with Crippen LogP contribution in [0.5, 0.6) is 5.75 Å². The van der Waals surface area contributed by atoms with Crippen molar-refractivity contribution in [1.29, 1.82) is 0 Å². The molecule has 2 N–H and O–H groups in total. The smallest absolute Gasteiger partial charge is 0.238 e. The van der Waals surface area contributed by atoms with Gasteiger partial charge in [-0.05, 0) is 43.7 Å². The highest BCUT2D eigenvalue weighted by Gasteiger charge is 2.02. The first-order valence-electron chi connectivity index (χ1n) is 8.49. The predicted molar refractivity (Wildman–Crippen MR) is 92.5 cm³/mol. The SMILES string of the molecule is CCCCCCCNCC(=O)Nc1ccc(OCCC)cc1. The molecule has 0 atom stereocenters. The molecule has 4 heteroatoms. The second-order valence-corrected chi connectivity index (χ2v) is 5.51. The van der Waals surface area contributed by atoms with Gasteiger partial charge in [0, 0.05) is 5.69 Å². The molecular formula is C18H30N2O2. The number of hydrogen-bond donors (Lipinski definition) is 2. The summed E-state index contributed by atoms with van der Waals surface area (Å²) in [5, 5.41) is 6.06. The van der Waals surface area contributed by atoms with Crippen LogP contribution in [0, 0.1) is 0 Å². The minimum Gasteiger partial charge on any atom is -0.494 e. The molecule has 22 heavy (non-hydrogen) atoms. The molecule has 0 bridgehead atoms. The monoisotopic (exact) mass is 306 g/mol. The van der Waals surface area contributed by atoms with Crippen LogP contribution in [0.15, 0.2) is 24.3 Å². The van der Waals surface area contributed by atoms with Crippen molar-refractivity contribution >= 4 is 11.6 Å². The summed E-state index contributed by atoms with van der Waals surface area (Å²) in [7, 11) is 0. The van der Waals surface area contributed by atoms with Crippen LogP contribution in [0.4, 0.5) is 5.69 Å². The van der Waals surface area contributed by atoms with E-state index in [9.17, 15) is 4.79 Å². The number of carbonyl (C=O) groups is 1. The number of benzene rings is 1. The van der Waals surface area contributed by atoms with Gasteiger partial charge in [0.15, 0.2) is 0 Å². The third-order valence-corrected chi connectivity index (χ3v) is 3.35. The molecule has 0 heterocycles. The van der Waals surface area contributed by atoms with E-state index in [0.717, 1.165) is 30.8 Å². The van der Waals surface area contributed by atoms with Crippen LogP contribution in [0.25, 0.3) is 0 Å². The van der Waals surface area contributed by atoms with E-state index in [2.05, 4.69) is 24.5 Å². The maximum absolute atomic E-state index is 11.8. The normalized spacial score (nSPS) is 10.5. The molecular weight excluding hydrogens is 276 g/mol. The Labute approximate surface area is 134 Å². The fourth-order valence-corrected chi connectivity index (χ4v) is 2.12. The number of carbonyl (C=O) groups excluding carboxylic acids is 1. The van der Waals surface area contributed by atoms with Gasteiger partial charge in [0.1, 0.15) is 5.75 Å². The van der Waals surface area contributed by atoms with Crippen molar-refractivity contribution in [2.24, 2.45) is 0 Å². The quantitative estimate of drug-likeness (QED) is 0.574. The van der Waals surface area contributed by atoms with E-state index in [0.29, 0.717) is 13.2 Å². The number of rotatable bonds is 12. The highest BCUT2D eigenvalue weighted by molar-refractivity contribution is 5.92. The number of anilines is 1. The van der Waals surface area contributed by atoms with E-state index in [4.69, 9.17) is 4.74 Å². The zero-order chi connectivity index (χ0) is 16.0. The molecule has 0 fully saturated rings. The second kappa shape index (κ2) is 12.0. The van der Waals surface area contributed by atoms with Gasteiger partial charge in [0.2, 0.25) is 5.91 Å². The zero-order valence-corrected chi connectivity index (χ0v) is 14.0. The molecule has 0 aliphatic carbocycles. The van der Waals surface area contributed by atoms with Gasteiger partial charge >= 0.3 is 0 Å². The maximum Gasteiger partial charge on any atom is 0.238 e. The Kier molecular flexibility index (Phi) is 10.1. The molecule has 1 aromatic rings. The van der Waals surface area contributed by atoms with Gasteiger partial charge in [-0.1, -0.05) is 39.5 Å². The topological polar surface area (TPSA) is 50.4 Å². The third kappa shape index (κ3) is 8.67. The lowest BCUT2D eigenvalue weighted by molar-refractivity contribution is -0.115. The Hall–Kier alpha value is -1.55. The van der Waals surface area contributed by atoms with E-state index in [1.807, 2.05) is 24.3 Å². The Morgan fingerprint density at radius 2 is 1.73 bits per heavy atom. The average molecular weight is 306 g/mol. The van der Waals surface area contributed by atoms with Crippen molar-refractivity contribution in [2.45, 2.75) is 52.4 Å². The Balaban J connectivity index is 2.13. The molecule has 0 radical (unpaired) electrons. The standard InChI is InChI=1S/C18H30N2O2/c1-3-5-6-7-8-13-19-15-18(21)20-16-9-11-17(12-10-16)22-14-4-2/h9-12,19H,3-8,13-15H2,1-2H3,(H,20,21). The number of amides is 1. The summed E-state index contributed by atoms with van der Waals surface area (Å²) >= 11 is 0. The summed E-state index contributed by atoms with van der Waals surface area (Å²) in [6, 6.07) is 7.50. The molecule has 0 unspecified atom stereocenters. The molecule has 124 valence electrons. The third-order valence-electron chi connectivity index (χ3n) is 3.35. The number of hydrogen-bond acceptors (Lipinski definition) is 3. The van der Waals surface area contributed by atoms with Crippen LogP contribution >= 0.6 is 0 Å². The molecule has 0 spiro atoms. The van der Waals surface area contributed by atoms with E-state index >= 15 is 0 Å². The van der Waals surface area contributed by atoms with Crippen LogP contribution in [-0.2, 0) is 4.79 Å². The maximum atomic E-state index is 11.8. The Morgan fingerprint density at radius 1 is 1.00 bits per heavy atom. The van der Waals surface area contributed by atoms with Crippen LogP contribution in [0.2, 0.25) is 0 Å². The summed E-state index contributed by atoms with van der Waals surface area (Å²) in [4.78, 5) is 11.8. The van der Waals surface area contributed by atoms with Gasteiger partial charge in [-0.25, -0.2) is 0 Å². The first-order chi connectivity index (χ1) is 10.8.